The van der Waals surface area contributed by atoms with Crippen molar-refractivity contribution in [2.75, 3.05) is 32.7 Å². The van der Waals surface area contributed by atoms with E-state index in [-0.39, 0.29) is 6.61 Å². The summed E-state index contributed by atoms with van der Waals surface area (Å²) in [5, 5.41) is 12.1. The van der Waals surface area contributed by atoms with Crippen LogP contribution < -0.4 is 14.8 Å². The van der Waals surface area contributed by atoms with E-state index in [2.05, 4.69) is 11.4 Å². The summed E-state index contributed by atoms with van der Waals surface area (Å²) >= 11 is 0. The first-order valence-electron chi connectivity index (χ1n) is 6.95. The highest BCUT2D eigenvalue weighted by atomic mass is 16.5. The summed E-state index contributed by atoms with van der Waals surface area (Å²) in [5.41, 5.74) is 3.12. The van der Waals surface area contributed by atoms with Gasteiger partial charge in [-0.2, -0.15) is 0 Å². The fraction of sp³-hybridized carbons (Fsp3) is 0.294. The Morgan fingerprint density at radius 3 is 2.62 bits per heavy atom. The van der Waals surface area contributed by atoms with Crippen molar-refractivity contribution in [3.05, 3.63) is 42.5 Å². The Morgan fingerprint density at radius 2 is 1.90 bits per heavy atom. The van der Waals surface area contributed by atoms with E-state index in [1.807, 2.05) is 36.4 Å². The van der Waals surface area contributed by atoms with Crippen molar-refractivity contribution >= 4 is 5.69 Å². The number of hydrogen-bond donors (Lipinski definition) is 2. The van der Waals surface area contributed by atoms with Gasteiger partial charge in [-0.25, -0.2) is 0 Å². The molecule has 0 fully saturated rings. The first-order chi connectivity index (χ1) is 10.3. The van der Waals surface area contributed by atoms with Crippen LogP contribution in [0.1, 0.15) is 6.42 Å². The molecule has 0 bridgehead atoms. The maximum absolute atomic E-state index is 8.83. The lowest BCUT2D eigenvalue weighted by molar-refractivity contribution is 0.292. The molecule has 2 rings (SSSR count). The molecule has 0 amide bonds. The summed E-state index contributed by atoms with van der Waals surface area (Å²) in [5.74, 6) is 1.55. The van der Waals surface area contributed by atoms with Gasteiger partial charge in [0.2, 0.25) is 0 Å². The molecule has 0 spiro atoms. The molecule has 4 nitrogen and oxygen atoms in total. The number of aliphatic hydroxyl groups is 1. The van der Waals surface area contributed by atoms with Crippen LogP contribution >= 0.6 is 0 Å². The van der Waals surface area contributed by atoms with E-state index in [1.54, 1.807) is 14.2 Å². The van der Waals surface area contributed by atoms with Crippen LogP contribution in [-0.4, -0.2) is 32.5 Å². The molecule has 0 aliphatic carbocycles. The minimum Gasteiger partial charge on any atom is -0.497 e. The second-order valence-electron chi connectivity index (χ2n) is 4.65. The Morgan fingerprint density at radius 1 is 1.05 bits per heavy atom. The quantitative estimate of drug-likeness (QED) is 0.768. The fourth-order valence-electron chi connectivity index (χ4n) is 2.15. The number of benzene rings is 2. The van der Waals surface area contributed by atoms with Gasteiger partial charge >= 0.3 is 0 Å². The maximum atomic E-state index is 8.83. The third-order valence-corrected chi connectivity index (χ3v) is 3.25. The molecule has 2 aromatic rings. The number of anilines is 1. The number of ether oxygens (including phenoxy) is 2. The van der Waals surface area contributed by atoms with E-state index in [4.69, 9.17) is 14.6 Å². The molecule has 21 heavy (non-hydrogen) atoms. The van der Waals surface area contributed by atoms with E-state index < -0.39 is 0 Å². The zero-order valence-electron chi connectivity index (χ0n) is 12.4. The average Bonchev–Trinajstić information content (AvgIpc) is 2.54. The molecule has 0 aliphatic rings. The smallest absolute Gasteiger partial charge is 0.130 e. The lowest BCUT2D eigenvalue weighted by Crippen LogP contribution is -2.03. The normalized spacial score (nSPS) is 10.2. The van der Waals surface area contributed by atoms with Gasteiger partial charge in [0.1, 0.15) is 11.5 Å². The van der Waals surface area contributed by atoms with Gasteiger partial charge in [0.05, 0.1) is 14.2 Å². The van der Waals surface area contributed by atoms with Gasteiger partial charge < -0.3 is 19.9 Å². The van der Waals surface area contributed by atoms with E-state index in [0.717, 1.165) is 41.3 Å². The van der Waals surface area contributed by atoms with E-state index in [1.165, 1.54) is 0 Å². The highest BCUT2D eigenvalue weighted by molar-refractivity contribution is 5.74. The van der Waals surface area contributed by atoms with Crippen molar-refractivity contribution in [3.8, 4) is 22.6 Å². The lowest BCUT2D eigenvalue weighted by atomic mass is 10.0. The summed E-state index contributed by atoms with van der Waals surface area (Å²) in [6.07, 6.45) is 0.732. The van der Waals surface area contributed by atoms with Gasteiger partial charge in [-0.15, -0.1) is 0 Å². The minimum absolute atomic E-state index is 0.193. The standard InChI is InChI=1S/C17H21NO3/c1-20-15-7-8-16(17(12-15)21-2)13-5-3-6-14(11-13)18-9-4-10-19/h3,5-8,11-12,18-19H,4,9-10H2,1-2H3. The van der Waals surface area contributed by atoms with Crippen LogP contribution in [0.15, 0.2) is 42.5 Å². The molecule has 4 heteroatoms. The minimum atomic E-state index is 0.193. The summed E-state index contributed by atoms with van der Waals surface area (Å²) in [7, 11) is 3.29. The Bertz CT molecular complexity index is 584. The summed E-state index contributed by atoms with van der Waals surface area (Å²) in [6, 6.07) is 13.9. The molecule has 0 saturated carbocycles. The Kier molecular flexibility index (Phi) is 5.46. The zero-order valence-corrected chi connectivity index (χ0v) is 12.4. The monoisotopic (exact) mass is 287 g/mol. The molecule has 0 radical (unpaired) electrons. The van der Waals surface area contributed by atoms with Crippen LogP contribution in [0.2, 0.25) is 0 Å². The average molecular weight is 287 g/mol. The van der Waals surface area contributed by atoms with Crippen molar-refractivity contribution in [2.45, 2.75) is 6.42 Å². The van der Waals surface area contributed by atoms with Gasteiger partial charge in [0.15, 0.2) is 0 Å². The molecule has 0 atom stereocenters. The number of methoxy groups -OCH3 is 2. The number of aliphatic hydroxyl groups excluding tert-OH is 1. The molecule has 0 unspecified atom stereocenters. The highest BCUT2D eigenvalue weighted by Crippen LogP contribution is 2.34. The van der Waals surface area contributed by atoms with Crippen LogP contribution in [0.5, 0.6) is 11.5 Å². The first kappa shape index (κ1) is 15.2. The van der Waals surface area contributed by atoms with E-state index in [0.29, 0.717) is 0 Å². The number of rotatable bonds is 7. The van der Waals surface area contributed by atoms with Gasteiger partial charge in [0, 0.05) is 30.5 Å². The van der Waals surface area contributed by atoms with Crippen molar-refractivity contribution in [3.63, 3.8) is 0 Å². The van der Waals surface area contributed by atoms with Crippen LogP contribution in [0, 0.1) is 0 Å². The maximum Gasteiger partial charge on any atom is 0.130 e. The topological polar surface area (TPSA) is 50.7 Å². The van der Waals surface area contributed by atoms with Gasteiger partial charge in [0.25, 0.3) is 0 Å². The van der Waals surface area contributed by atoms with Crippen molar-refractivity contribution < 1.29 is 14.6 Å². The Labute approximate surface area is 125 Å². The van der Waals surface area contributed by atoms with Crippen LogP contribution in [-0.2, 0) is 0 Å². The summed E-state index contributed by atoms with van der Waals surface area (Å²) in [6.45, 7) is 0.943. The predicted octanol–water partition coefficient (Wildman–Crippen LogP) is 3.17. The van der Waals surface area contributed by atoms with Gasteiger partial charge in [-0.05, 0) is 36.2 Å². The van der Waals surface area contributed by atoms with Crippen molar-refractivity contribution in [1.29, 1.82) is 0 Å². The molecule has 2 N–H and O–H groups in total. The molecular weight excluding hydrogens is 266 g/mol. The second kappa shape index (κ2) is 7.55. The first-order valence-corrected chi connectivity index (χ1v) is 6.95. The van der Waals surface area contributed by atoms with Crippen molar-refractivity contribution in [2.24, 2.45) is 0 Å². The fourth-order valence-corrected chi connectivity index (χ4v) is 2.15. The Balaban J connectivity index is 2.27. The Hall–Kier alpha value is -2.20. The van der Waals surface area contributed by atoms with Crippen molar-refractivity contribution in [1.82, 2.24) is 0 Å². The third-order valence-electron chi connectivity index (χ3n) is 3.25. The van der Waals surface area contributed by atoms with Gasteiger partial charge in [-0.1, -0.05) is 12.1 Å². The van der Waals surface area contributed by atoms with Crippen LogP contribution in [0.4, 0.5) is 5.69 Å². The zero-order chi connectivity index (χ0) is 15.1. The number of hydrogen-bond acceptors (Lipinski definition) is 4. The van der Waals surface area contributed by atoms with Gasteiger partial charge in [-0.3, -0.25) is 0 Å². The summed E-state index contributed by atoms with van der Waals surface area (Å²) < 4.78 is 10.7. The molecule has 0 saturated heterocycles. The number of nitrogens with one attached hydrogen (secondary N) is 1. The second-order valence-corrected chi connectivity index (χ2v) is 4.65. The van der Waals surface area contributed by atoms with Crippen LogP contribution in [0.25, 0.3) is 11.1 Å². The molecule has 112 valence electrons. The highest BCUT2D eigenvalue weighted by Gasteiger charge is 2.08. The van der Waals surface area contributed by atoms with E-state index >= 15 is 0 Å². The third kappa shape index (κ3) is 3.89. The molecule has 0 heterocycles. The molecule has 2 aromatic carbocycles. The molecular formula is C17H21NO3. The molecule has 0 aliphatic heterocycles. The molecule has 0 aromatic heterocycles. The van der Waals surface area contributed by atoms with E-state index in [9.17, 15) is 0 Å². The summed E-state index contributed by atoms with van der Waals surface area (Å²) in [4.78, 5) is 0. The van der Waals surface area contributed by atoms with Crippen LogP contribution in [0.3, 0.4) is 0 Å². The lowest BCUT2D eigenvalue weighted by Gasteiger charge is -2.12. The SMILES string of the molecule is COc1ccc(-c2cccc(NCCCO)c2)c(OC)c1. The predicted molar refractivity (Wildman–Crippen MR) is 85.2 cm³/mol. The largest absolute Gasteiger partial charge is 0.497 e.